The van der Waals surface area contributed by atoms with Crippen LogP contribution in [-0.4, -0.2) is 43.0 Å². The number of aryl methyl sites for hydroxylation is 2. The minimum atomic E-state index is -0.446. The summed E-state index contributed by atoms with van der Waals surface area (Å²) in [6.07, 6.45) is 0.993. The van der Waals surface area contributed by atoms with Crippen molar-refractivity contribution in [3.8, 4) is 0 Å². The van der Waals surface area contributed by atoms with Gasteiger partial charge in [-0.2, -0.15) is 4.37 Å². The minimum absolute atomic E-state index is 0.0363. The molecule has 2 aromatic carbocycles. The predicted molar refractivity (Wildman–Crippen MR) is 139 cm³/mol. The summed E-state index contributed by atoms with van der Waals surface area (Å²) in [5, 5.41) is 10.1. The van der Waals surface area contributed by atoms with Crippen LogP contribution in [0, 0.1) is 13.8 Å². The molecule has 4 aromatic rings. The molecule has 0 saturated carbocycles. The van der Waals surface area contributed by atoms with Gasteiger partial charge in [0.05, 0.1) is 23.7 Å². The molecule has 4 rings (SSSR count). The van der Waals surface area contributed by atoms with Crippen molar-refractivity contribution in [2.75, 3.05) is 13.2 Å². The molecule has 8 heteroatoms. The van der Waals surface area contributed by atoms with E-state index in [4.69, 9.17) is 4.98 Å². The number of amides is 1. The summed E-state index contributed by atoms with van der Waals surface area (Å²) in [5.74, 6) is 0.391. The summed E-state index contributed by atoms with van der Waals surface area (Å²) in [6, 6.07) is 16.8. The maximum atomic E-state index is 13.7. The Kier molecular flexibility index (Phi) is 7.73. The largest absolute Gasteiger partial charge is 0.396 e. The lowest BCUT2D eigenvalue weighted by molar-refractivity contribution is 0.0642. The quantitative estimate of drug-likeness (QED) is 0.373. The molecule has 0 aliphatic heterocycles. The van der Waals surface area contributed by atoms with Gasteiger partial charge in [-0.15, -0.1) is 0 Å². The van der Waals surface area contributed by atoms with Crippen LogP contribution >= 0.6 is 11.5 Å². The predicted octanol–water partition coefficient (Wildman–Crippen LogP) is 4.49. The van der Waals surface area contributed by atoms with Crippen LogP contribution in [0.4, 0.5) is 0 Å². The highest BCUT2D eigenvalue weighted by Gasteiger charge is 2.30. The van der Waals surface area contributed by atoms with Crippen LogP contribution in [-0.2, 0) is 6.54 Å². The Hall–Kier alpha value is -3.36. The van der Waals surface area contributed by atoms with Crippen molar-refractivity contribution in [1.29, 1.82) is 0 Å². The van der Waals surface area contributed by atoms with Gasteiger partial charge in [-0.05, 0) is 55.9 Å². The van der Waals surface area contributed by atoms with E-state index in [-0.39, 0.29) is 18.1 Å². The molecule has 35 heavy (non-hydrogen) atoms. The second-order valence-electron chi connectivity index (χ2n) is 8.66. The van der Waals surface area contributed by atoms with E-state index in [1.807, 2.05) is 75.4 Å². The van der Waals surface area contributed by atoms with Crippen molar-refractivity contribution in [2.45, 2.75) is 46.2 Å². The van der Waals surface area contributed by atoms with Crippen LogP contribution in [0.15, 0.2) is 59.4 Å². The molecular weight excluding hydrogens is 460 g/mol. The highest BCUT2D eigenvalue weighted by atomic mass is 32.1. The number of aliphatic hydroxyl groups excluding tert-OH is 1. The minimum Gasteiger partial charge on any atom is -0.396 e. The summed E-state index contributed by atoms with van der Waals surface area (Å²) >= 11 is 1.20. The summed E-state index contributed by atoms with van der Waals surface area (Å²) in [4.78, 5) is 34.6. The van der Waals surface area contributed by atoms with Crippen LogP contribution in [0.1, 0.15) is 58.8 Å². The van der Waals surface area contributed by atoms with Crippen LogP contribution in [0.3, 0.4) is 0 Å². The number of fused-ring (bicyclic) bond motifs is 1. The Morgan fingerprint density at radius 2 is 1.83 bits per heavy atom. The average molecular weight is 491 g/mol. The van der Waals surface area contributed by atoms with Crippen molar-refractivity contribution in [1.82, 2.24) is 18.8 Å². The van der Waals surface area contributed by atoms with Gasteiger partial charge in [0.25, 0.3) is 11.5 Å². The number of hydrogen-bond donors (Lipinski definition) is 1. The Morgan fingerprint density at radius 1 is 1.11 bits per heavy atom. The van der Waals surface area contributed by atoms with Crippen molar-refractivity contribution in [3.05, 3.63) is 93.2 Å². The first-order chi connectivity index (χ1) is 16.9. The van der Waals surface area contributed by atoms with Crippen LogP contribution in [0.25, 0.3) is 10.2 Å². The van der Waals surface area contributed by atoms with E-state index in [1.54, 1.807) is 9.47 Å². The van der Waals surface area contributed by atoms with Crippen molar-refractivity contribution < 1.29 is 9.90 Å². The van der Waals surface area contributed by atoms with Crippen molar-refractivity contribution >= 4 is 27.7 Å². The number of carbonyl (C=O) groups is 1. The SMILES string of the molecule is CCC(c1nc2snc(C)c2c(=O)n1Cc1ccccc1)N(CCCO)C(=O)c1ccc(C)cc1. The zero-order chi connectivity index (χ0) is 24.9. The molecule has 1 N–H and O–H groups in total. The van der Waals surface area contributed by atoms with Crippen LogP contribution < -0.4 is 5.56 Å². The lowest BCUT2D eigenvalue weighted by atomic mass is 10.1. The second-order valence-corrected chi connectivity index (χ2v) is 9.41. The number of aliphatic hydroxyl groups is 1. The van der Waals surface area contributed by atoms with E-state index in [0.29, 0.717) is 53.2 Å². The maximum absolute atomic E-state index is 13.7. The molecule has 1 atom stereocenters. The van der Waals surface area contributed by atoms with E-state index < -0.39 is 6.04 Å². The van der Waals surface area contributed by atoms with E-state index in [0.717, 1.165) is 11.1 Å². The topological polar surface area (TPSA) is 88.3 Å². The molecule has 0 aliphatic rings. The van der Waals surface area contributed by atoms with E-state index in [1.165, 1.54) is 11.5 Å². The number of nitrogens with zero attached hydrogens (tertiary/aromatic N) is 4. The van der Waals surface area contributed by atoms with Crippen molar-refractivity contribution in [3.63, 3.8) is 0 Å². The normalized spacial score (nSPS) is 12.1. The van der Waals surface area contributed by atoms with Gasteiger partial charge < -0.3 is 10.0 Å². The molecule has 0 saturated heterocycles. The number of aromatic nitrogens is 3. The summed E-state index contributed by atoms with van der Waals surface area (Å²) < 4.78 is 6.05. The maximum Gasteiger partial charge on any atom is 0.264 e. The second kappa shape index (κ2) is 10.9. The smallest absolute Gasteiger partial charge is 0.264 e. The van der Waals surface area contributed by atoms with Gasteiger partial charge in [0.15, 0.2) is 4.83 Å². The molecule has 0 aliphatic carbocycles. The van der Waals surface area contributed by atoms with Gasteiger partial charge in [-0.1, -0.05) is 55.0 Å². The zero-order valence-corrected chi connectivity index (χ0v) is 21.1. The lowest BCUT2D eigenvalue weighted by Crippen LogP contribution is -2.39. The highest BCUT2D eigenvalue weighted by Crippen LogP contribution is 2.28. The molecule has 1 unspecified atom stereocenters. The standard InChI is InChI=1S/C27H30N4O3S/c1-4-22(30(15-8-16-32)26(33)21-13-11-18(2)12-14-21)24-28-25-23(19(3)29-35-25)27(34)31(24)17-20-9-6-5-7-10-20/h5-7,9-14,22,32H,4,8,15-17H2,1-3H3. The summed E-state index contributed by atoms with van der Waals surface area (Å²) in [7, 11) is 0. The van der Waals surface area contributed by atoms with Gasteiger partial charge in [0.1, 0.15) is 5.82 Å². The Bertz CT molecular complexity index is 1360. The molecule has 0 fully saturated rings. The fourth-order valence-electron chi connectivity index (χ4n) is 4.30. The van der Waals surface area contributed by atoms with Crippen LogP contribution in [0.2, 0.25) is 0 Å². The summed E-state index contributed by atoms with van der Waals surface area (Å²) in [5.41, 5.74) is 3.12. The molecule has 0 radical (unpaired) electrons. The van der Waals surface area contributed by atoms with Crippen LogP contribution in [0.5, 0.6) is 0 Å². The van der Waals surface area contributed by atoms with Gasteiger partial charge in [-0.25, -0.2) is 4.98 Å². The van der Waals surface area contributed by atoms with Crippen molar-refractivity contribution in [2.24, 2.45) is 0 Å². The number of rotatable bonds is 9. The van der Waals surface area contributed by atoms with Gasteiger partial charge >= 0.3 is 0 Å². The average Bonchev–Trinajstić information content (AvgIpc) is 3.25. The first-order valence-corrected chi connectivity index (χ1v) is 12.6. The Morgan fingerprint density at radius 3 is 2.49 bits per heavy atom. The van der Waals surface area contributed by atoms with Gasteiger partial charge in [0, 0.05) is 18.7 Å². The molecule has 2 heterocycles. The van der Waals surface area contributed by atoms with Gasteiger partial charge in [-0.3, -0.25) is 14.2 Å². The third-order valence-electron chi connectivity index (χ3n) is 6.16. The van der Waals surface area contributed by atoms with E-state index in [9.17, 15) is 14.7 Å². The fraction of sp³-hybridized carbons (Fsp3) is 0.333. The molecule has 0 spiro atoms. The number of benzene rings is 2. The Balaban J connectivity index is 1.86. The third kappa shape index (κ3) is 5.18. The molecule has 0 bridgehead atoms. The number of carbonyl (C=O) groups excluding carboxylic acids is 1. The lowest BCUT2D eigenvalue weighted by Gasteiger charge is -2.32. The first kappa shape index (κ1) is 24.8. The summed E-state index contributed by atoms with van der Waals surface area (Å²) in [6.45, 7) is 6.44. The Labute approximate surface area is 208 Å². The zero-order valence-electron chi connectivity index (χ0n) is 20.3. The molecule has 2 aromatic heterocycles. The first-order valence-electron chi connectivity index (χ1n) is 11.8. The van der Waals surface area contributed by atoms with Gasteiger partial charge in [0.2, 0.25) is 0 Å². The van der Waals surface area contributed by atoms with E-state index in [2.05, 4.69) is 4.37 Å². The molecule has 182 valence electrons. The third-order valence-corrected chi connectivity index (χ3v) is 6.99. The highest BCUT2D eigenvalue weighted by molar-refractivity contribution is 7.12. The van der Waals surface area contributed by atoms with E-state index >= 15 is 0 Å². The molecule has 1 amide bonds. The fourth-order valence-corrected chi connectivity index (χ4v) is 5.08. The monoisotopic (exact) mass is 490 g/mol. The molecule has 7 nitrogen and oxygen atoms in total. The number of hydrogen-bond acceptors (Lipinski definition) is 6. The molecular formula is C27H30N4O3S.